The van der Waals surface area contributed by atoms with Crippen LogP contribution >= 0.6 is 0 Å². The van der Waals surface area contributed by atoms with Gasteiger partial charge in [0, 0.05) is 6.42 Å². The van der Waals surface area contributed by atoms with Crippen molar-refractivity contribution in [3.63, 3.8) is 0 Å². The van der Waals surface area contributed by atoms with Crippen LogP contribution in [-0.4, -0.2) is 23.0 Å². The van der Waals surface area contributed by atoms with Crippen LogP contribution in [-0.2, 0) is 11.2 Å². The molecule has 0 saturated carbocycles. The number of nitrogens with zero attached hydrogens (tertiary/aromatic N) is 1. The molecule has 0 saturated heterocycles. The zero-order valence-electron chi connectivity index (χ0n) is 15.5. The number of amides is 1. The number of nitrogens with one attached hydrogen (secondary N) is 2. The SMILES string of the molecule is COc1ccc(CCC(=O)N[C@H](c2nc3ccccc3[nH]2)C(C)C)cc1. The molecule has 5 heteroatoms. The molecule has 1 atom stereocenters. The van der Waals surface area contributed by atoms with Gasteiger partial charge in [0.15, 0.2) is 0 Å². The Kier molecular flexibility index (Phi) is 5.56. The van der Waals surface area contributed by atoms with Crippen molar-refractivity contribution < 1.29 is 9.53 Å². The molecule has 3 aromatic rings. The normalized spacial score (nSPS) is 12.3. The van der Waals surface area contributed by atoms with E-state index < -0.39 is 0 Å². The topological polar surface area (TPSA) is 67.0 Å². The van der Waals surface area contributed by atoms with Crippen LogP contribution in [0.2, 0.25) is 0 Å². The van der Waals surface area contributed by atoms with Gasteiger partial charge in [0.1, 0.15) is 11.6 Å². The molecule has 2 N–H and O–H groups in total. The number of carbonyl (C=O) groups excluding carboxylic acids is 1. The Bertz CT molecular complexity index is 835. The second kappa shape index (κ2) is 8.04. The van der Waals surface area contributed by atoms with E-state index in [9.17, 15) is 4.79 Å². The van der Waals surface area contributed by atoms with Gasteiger partial charge in [-0.25, -0.2) is 4.98 Å². The van der Waals surface area contributed by atoms with Crippen LogP contribution < -0.4 is 10.1 Å². The summed E-state index contributed by atoms with van der Waals surface area (Å²) in [5.41, 5.74) is 3.02. The molecule has 1 heterocycles. The lowest BCUT2D eigenvalue weighted by atomic mass is 10.0. The predicted molar refractivity (Wildman–Crippen MR) is 103 cm³/mol. The van der Waals surface area contributed by atoms with E-state index in [0.29, 0.717) is 12.8 Å². The first-order chi connectivity index (χ1) is 12.6. The molecule has 0 bridgehead atoms. The Morgan fingerprint density at radius 3 is 2.54 bits per heavy atom. The monoisotopic (exact) mass is 351 g/mol. The van der Waals surface area contributed by atoms with Gasteiger partial charge < -0.3 is 15.0 Å². The first kappa shape index (κ1) is 18.0. The third kappa shape index (κ3) is 4.23. The number of carbonyl (C=O) groups is 1. The molecule has 136 valence electrons. The molecule has 0 fully saturated rings. The average molecular weight is 351 g/mol. The number of para-hydroxylation sites is 2. The number of aromatic nitrogens is 2. The number of rotatable bonds is 7. The highest BCUT2D eigenvalue weighted by molar-refractivity contribution is 5.77. The van der Waals surface area contributed by atoms with E-state index in [-0.39, 0.29) is 17.9 Å². The van der Waals surface area contributed by atoms with Crippen LogP contribution in [0.4, 0.5) is 0 Å². The van der Waals surface area contributed by atoms with E-state index in [4.69, 9.17) is 4.74 Å². The largest absolute Gasteiger partial charge is 0.497 e. The summed E-state index contributed by atoms with van der Waals surface area (Å²) in [5, 5.41) is 3.13. The number of hydrogen-bond acceptors (Lipinski definition) is 3. The third-order valence-corrected chi connectivity index (χ3v) is 4.49. The summed E-state index contributed by atoms with van der Waals surface area (Å²) in [6, 6.07) is 15.6. The molecule has 0 aliphatic heterocycles. The zero-order valence-corrected chi connectivity index (χ0v) is 15.5. The second-order valence-electron chi connectivity index (χ2n) is 6.78. The Hall–Kier alpha value is -2.82. The minimum atomic E-state index is -0.134. The Morgan fingerprint density at radius 2 is 1.88 bits per heavy atom. The zero-order chi connectivity index (χ0) is 18.5. The molecular weight excluding hydrogens is 326 g/mol. The Labute approximate surface area is 153 Å². The van der Waals surface area contributed by atoms with Crippen LogP contribution in [0, 0.1) is 5.92 Å². The summed E-state index contributed by atoms with van der Waals surface area (Å²) in [6.07, 6.45) is 1.14. The number of methoxy groups -OCH3 is 1. The van der Waals surface area contributed by atoms with E-state index >= 15 is 0 Å². The minimum Gasteiger partial charge on any atom is -0.497 e. The fourth-order valence-electron chi connectivity index (χ4n) is 2.97. The highest BCUT2D eigenvalue weighted by atomic mass is 16.5. The van der Waals surface area contributed by atoms with E-state index in [0.717, 1.165) is 28.2 Å². The number of ether oxygens (including phenoxy) is 1. The van der Waals surface area contributed by atoms with Crippen molar-refractivity contribution in [2.75, 3.05) is 7.11 Å². The molecule has 3 rings (SSSR count). The molecule has 0 unspecified atom stereocenters. The second-order valence-corrected chi connectivity index (χ2v) is 6.78. The Morgan fingerprint density at radius 1 is 1.15 bits per heavy atom. The maximum absolute atomic E-state index is 12.5. The number of H-pyrrole nitrogens is 1. The summed E-state index contributed by atoms with van der Waals surface area (Å²) in [7, 11) is 1.65. The van der Waals surface area contributed by atoms with Gasteiger partial charge >= 0.3 is 0 Å². The van der Waals surface area contributed by atoms with Gasteiger partial charge in [-0.2, -0.15) is 0 Å². The number of imidazole rings is 1. The molecule has 1 amide bonds. The molecule has 0 radical (unpaired) electrons. The lowest BCUT2D eigenvalue weighted by Crippen LogP contribution is -2.32. The molecule has 0 spiro atoms. The van der Waals surface area contributed by atoms with Crippen molar-refractivity contribution in [1.82, 2.24) is 15.3 Å². The molecule has 0 aliphatic rings. The maximum atomic E-state index is 12.5. The summed E-state index contributed by atoms with van der Waals surface area (Å²) >= 11 is 0. The van der Waals surface area contributed by atoms with Crippen LogP contribution in [0.25, 0.3) is 11.0 Å². The van der Waals surface area contributed by atoms with Gasteiger partial charge in [-0.3, -0.25) is 4.79 Å². The van der Waals surface area contributed by atoms with Crippen molar-refractivity contribution >= 4 is 16.9 Å². The van der Waals surface area contributed by atoms with Crippen molar-refractivity contribution in [2.24, 2.45) is 5.92 Å². The smallest absolute Gasteiger partial charge is 0.220 e. The van der Waals surface area contributed by atoms with E-state index in [1.54, 1.807) is 7.11 Å². The lowest BCUT2D eigenvalue weighted by molar-refractivity contribution is -0.122. The third-order valence-electron chi connectivity index (χ3n) is 4.49. The first-order valence-corrected chi connectivity index (χ1v) is 8.93. The summed E-state index contributed by atoms with van der Waals surface area (Å²) in [5.74, 6) is 1.89. The molecular formula is C21H25N3O2. The van der Waals surface area contributed by atoms with Gasteiger partial charge in [0.2, 0.25) is 5.91 Å². The van der Waals surface area contributed by atoms with E-state index in [2.05, 4.69) is 29.1 Å². The van der Waals surface area contributed by atoms with Crippen molar-refractivity contribution in [3.8, 4) is 5.75 Å². The van der Waals surface area contributed by atoms with Crippen LogP contribution in [0.3, 0.4) is 0 Å². The fourth-order valence-corrected chi connectivity index (χ4v) is 2.97. The van der Waals surface area contributed by atoms with Gasteiger partial charge in [-0.15, -0.1) is 0 Å². The van der Waals surface area contributed by atoms with Gasteiger partial charge in [0.05, 0.1) is 24.2 Å². The highest BCUT2D eigenvalue weighted by Crippen LogP contribution is 2.22. The van der Waals surface area contributed by atoms with E-state index in [1.807, 2.05) is 48.5 Å². The molecule has 1 aromatic heterocycles. The quantitative estimate of drug-likeness (QED) is 0.676. The highest BCUT2D eigenvalue weighted by Gasteiger charge is 2.21. The molecule has 5 nitrogen and oxygen atoms in total. The summed E-state index contributed by atoms with van der Waals surface area (Å²) in [4.78, 5) is 20.4. The number of hydrogen-bond donors (Lipinski definition) is 2. The maximum Gasteiger partial charge on any atom is 0.220 e. The summed E-state index contributed by atoms with van der Waals surface area (Å²) < 4.78 is 5.16. The Balaban J connectivity index is 1.64. The van der Waals surface area contributed by atoms with Crippen molar-refractivity contribution in [2.45, 2.75) is 32.7 Å². The summed E-state index contributed by atoms with van der Waals surface area (Å²) in [6.45, 7) is 4.17. The number of aryl methyl sites for hydroxylation is 1. The van der Waals surface area contributed by atoms with E-state index in [1.165, 1.54) is 0 Å². The number of aromatic amines is 1. The van der Waals surface area contributed by atoms with Crippen LogP contribution in [0.1, 0.15) is 37.7 Å². The van der Waals surface area contributed by atoms with Gasteiger partial charge in [0.25, 0.3) is 0 Å². The fraction of sp³-hybridized carbons (Fsp3) is 0.333. The lowest BCUT2D eigenvalue weighted by Gasteiger charge is -2.20. The molecule has 2 aromatic carbocycles. The van der Waals surface area contributed by atoms with Crippen LogP contribution in [0.15, 0.2) is 48.5 Å². The predicted octanol–water partition coefficient (Wildman–Crippen LogP) is 4.02. The molecule has 26 heavy (non-hydrogen) atoms. The standard InChI is InChI=1S/C21H25N3O2/c1-14(2)20(21-22-17-6-4-5-7-18(17)23-21)24-19(25)13-10-15-8-11-16(26-3)12-9-15/h4-9,11-12,14,20H,10,13H2,1-3H3,(H,22,23)(H,24,25)/t20-/m0/s1. The van der Waals surface area contributed by atoms with Crippen molar-refractivity contribution in [1.29, 1.82) is 0 Å². The average Bonchev–Trinajstić information content (AvgIpc) is 3.08. The minimum absolute atomic E-state index is 0.0278. The molecule has 0 aliphatic carbocycles. The van der Waals surface area contributed by atoms with Gasteiger partial charge in [-0.05, 0) is 42.2 Å². The number of benzene rings is 2. The number of fused-ring (bicyclic) bond motifs is 1. The first-order valence-electron chi connectivity index (χ1n) is 8.93. The van der Waals surface area contributed by atoms with Gasteiger partial charge in [-0.1, -0.05) is 38.1 Å². The van der Waals surface area contributed by atoms with Crippen molar-refractivity contribution in [3.05, 3.63) is 59.9 Å². The van der Waals surface area contributed by atoms with Crippen LogP contribution in [0.5, 0.6) is 5.75 Å².